The molecule has 7 heteroatoms. The molecule has 0 atom stereocenters. The van der Waals surface area contributed by atoms with E-state index in [9.17, 15) is 4.79 Å². The molecule has 7 nitrogen and oxygen atoms in total. The minimum atomic E-state index is -0.103. The molecular formula is C30H30N6O. The van der Waals surface area contributed by atoms with Gasteiger partial charge in [-0.25, -0.2) is 9.20 Å². The Kier molecular flexibility index (Phi) is 5.96. The van der Waals surface area contributed by atoms with Gasteiger partial charge in [0.05, 0.1) is 22.8 Å². The highest BCUT2D eigenvalue weighted by molar-refractivity contribution is 5.91. The van der Waals surface area contributed by atoms with Crippen molar-refractivity contribution in [3.05, 3.63) is 101 Å². The number of pyridine rings is 1. The molecule has 1 aliphatic heterocycles. The normalized spacial score (nSPS) is 14.0. The van der Waals surface area contributed by atoms with E-state index in [4.69, 9.17) is 10.2 Å². The predicted molar refractivity (Wildman–Crippen MR) is 149 cm³/mol. The average Bonchev–Trinajstić information content (AvgIpc) is 3.33. The maximum Gasteiger partial charge on any atom is 0.267 e. The van der Waals surface area contributed by atoms with Gasteiger partial charge in [-0.2, -0.15) is 10.2 Å². The number of hydrogen-bond acceptors (Lipinski definition) is 5. The fourth-order valence-electron chi connectivity index (χ4n) is 5.07. The van der Waals surface area contributed by atoms with Crippen LogP contribution in [0.25, 0.3) is 28.0 Å². The van der Waals surface area contributed by atoms with E-state index in [0.717, 1.165) is 59.9 Å². The number of benzene rings is 2. The SMILES string of the molecule is CC(C)n1nc(-c2c(-c3ccccc3)nn3ccc(N4CCN(c5ccccc5)CC4)cc23)ccc1=O. The molecule has 0 spiro atoms. The van der Waals surface area contributed by atoms with Crippen molar-refractivity contribution in [1.29, 1.82) is 0 Å². The molecule has 0 amide bonds. The molecular weight excluding hydrogens is 460 g/mol. The van der Waals surface area contributed by atoms with Gasteiger partial charge in [-0.3, -0.25) is 4.79 Å². The molecule has 186 valence electrons. The smallest absolute Gasteiger partial charge is 0.267 e. The molecule has 0 N–H and O–H groups in total. The Morgan fingerprint density at radius 2 is 1.38 bits per heavy atom. The highest BCUT2D eigenvalue weighted by Crippen LogP contribution is 2.35. The lowest BCUT2D eigenvalue weighted by atomic mass is 10.0. The molecule has 1 aliphatic rings. The lowest BCUT2D eigenvalue weighted by molar-refractivity contribution is 0.505. The molecule has 0 aliphatic carbocycles. The van der Waals surface area contributed by atoms with Gasteiger partial charge in [0, 0.05) is 55.4 Å². The summed E-state index contributed by atoms with van der Waals surface area (Å²) in [7, 11) is 0. The molecule has 0 radical (unpaired) electrons. The number of para-hydroxylation sites is 1. The zero-order chi connectivity index (χ0) is 25.4. The third kappa shape index (κ3) is 4.37. The van der Waals surface area contributed by atoms with Gasteiger partial charge in [0.15, 0.2) is 0 Å². The van der Waals surface area contributed by atoms with E-state index in [1.807, 2.05) is 48.8 Å². The van der Waals surface area contributed by atoms with E-state index in [-0.39, 0.29) is 11.6 Å². The number of fused-ring (bicyclic) bond motifs is 1. The summed E-state index contributed by atoms with van der Waals surface area (Å²) in [6, 6.07) is 28.5. The second-order valence-electron chi connectivity index (χ2n) is 9.71. The zero-order valence-electron chi connectivity index (χ0n) is 21.2. The van der Waals surface area contributed by atoms with E-state index < -0.39 is 0 Å². The Morgan fingerprint density at radius 3 is 2.05 bits per heavy atom. The van der Waals surface area contributed by atoms with Crippen LogP contribution < -0.4 is 15.4 Å². The first-order valence-electron chi connectivity index (χ1n) is 12.8. The summed E-state index contributed by atoms with van der Waals surface area (Å²) in [5.74, 6) is 0. The van der Waals surface area contributed by atoms with Crippen molar-refractivity contribution in [2.75, 3.05) is 36.0 Å². The molecule has 0 unspecified atom stereocenters. The summed E-state index contributed by atoms with van der Waals surface area (Å²) in [5.41, 5.74) is 6.86. The van der Waals surface area contributed by atoms with Crippen molar-refractivity contribution < 1.29 is 0 Å². The van der Waals surface area contributed by atoms with Crippen LogP contribution in [0.2, 0.25) is 0 Å². The van der Waals surface area contributed by atoms with Gasteiger partial charge >= 0.3 is 0 Å². The summed E-state index contributed by atoms with van der Waals surface area (Å²) < 4.78 is 3.47. The molecule has 6 rings (SSSR count). The van der Waals surface area contributed by atoms with Crippen LogP contribution in [0.4, 0.5) is 11.4 Å². The van der Waals surface area contributed by atoms with Gasteiger partial charge in [0.1, 0.15) is 5.69 Å². The Morgan fingerprint density at radius 1 is 0.730 bits per heavy atom. The number of piperazine rings is 1. The maximum absolute atomic E-state index is 12.5. The lowest BCUT2D eigenvalue weighted by Gasteiger charge is -2.37. The highest BCUT2D eigenvalue weighted by atomic mass is 16.1. The van der Waals surface area contributed by atoms with Crippen LogP contribution in [-0.2, 0) is 0 Å². The van der Waals surface area contributed by atoms with Crippen molar-refractivity contribution in [2.45, 2.75) is 19.9 Å². The summed E-state index contributed by atoms with van der Waals surface area (Å²) in [6.07, 6.45) is 2.03. The number of hydrogen-bond donors (Lipinski definition) is 0. The summed E-state index contributed by atoms with van der Waals surface area (Å²) in [6.45, 7) is 7.77. The van der Waals surface area contributed by atoms with Gasteiger partial charge in [-0.15, -0.1) is 0 Å². The second kappa shape index (κ2) is 9.58. The van der Waals surface area contributed by atoms with Crippen LogP contribution in [0.5, 0.6) is 0 Å². The van der Waals surface area contributed by atoms with Gasteiger partial charge in [-0.05, 0) is 44.2 Å². The molecule has 0 bridgehead atoms. The fourth-order valence-corrected chi connectivity index (χ4v) is 5.07. The predicted octanol–water partition coefficient (Wildman–Crippen LogP) is 5.13. The van der Waals surface area contributed by atoms with E-state index in [1.54, 1.807) is 10.7 Å². The molecule has 0 saturated carbocycles. The van der Waals surface area contributed by atoms with E-state index in [0.29, 0.717) is 0 Å². The third-order valence-electron chi connectivity index (χ3n) is 7.00. The van der Waals surface area contributed by atoms with Crippen molar-refractivity contribution in [2.24, 2.45) is 0 Å². The molecule has 2 aromatic carbocycles. The first-order chi connectivity index (χ1) is 18.1. The van der Waals surface area contributed by atoms with E-state index in [1.165, 1.54) is 5.69 Å². The summed E-state index contributed by atoms with van der Waals surface area (Å²) >= 11 is 0. The van der Waals surface area contributed by atoms with Gasteiger partial charge < -0.3 is 9.80 Å². The van der Waals surface area contributed by atoms with E-state index >= 15 is 0 Å². The Bertz CT molecular complexity index is 1580. The minimum Gasteiger partial charge on any atom is -0.368 e. The number of nitrogens with zero attached hydrogens (tertiary/aromatic N) is 6. The van der Waals surface area contributed by atoms with Gasteiger partial charge in [-0.1, -0.05) is 48.5 Å². The van der Waals surface area contributed by atoms with E-state index in [2.05, 4.69) is 64.4 Å². The quantitative estimate of drug-likeness (QED) is 0.342. The third-order valence-corrected chi connectivity index (χ3v) is 7.00. The largest absolute Gasteiger partial charge is 0.368 e. The van der Waals surface area contributed by atoms with Gasteiger partial charge in [0.25, 0.3) is 5.56 Å². The number of aromatic nitrogens is 4. The first kappa shape index (κ1) is 23.0. The average molecular weight is 491 g/mol. The Hall–Kier alpha value is -4.39. The molecule has 5 aromatic rings. The maximum atomic E-state index is 12.5. The molecule has 1 fully saturated rings. The fraction of sp³-hybridized carbons (Fsp3) is 0.233. The number of anilines is 2. The standard InChI is InChI=1S/C30H30N6O/c1-22(2)36-28(37)14-13-26(31-36)29-27-21-25(15-16-35(27)32-30(29)23-9-5-3-6-10-23)34-19-17-33(18-20-34)24-11-7-4-8-12-24/h3-16,21-22H,17-20H2,1-2H3. The van der Waals surface area contributed by atoms with Crippen LogP contribution in [0, 0.1) is 0 Å². The highest BCUT2D eigenvalue weighted by Gasteiger charge is 2.22. The first-order valence-corrected chi connectivity index (χ1v) is 12.8. The van der Waals surface area contributed by atoms with Crippen molar-refractivity contribution in [1.82, 2.24) is 19.4 Å². The molecule has 37 heavy (non-hydrogen) atoms. The van der Waals surface area contributed by atoms with Crippen LogP contribution in [0.15, 0.2) is 95.9 Å². The zero-order valence-corrected chi connectivity index (χ0v) is 21.2. The number of rotatable bonds is 5. The topological polar surface area (TPSA) is 58.7 Å². The molecule has 1 saturated heterocycles. The van der Waals surface area contributed by atoms with Crippen LogP contribution in [0.3, 0.4) is 0 Å². The summed E-state index contributed by atoms with van der Waals surface area (Å²) in [4.78, 5) is 17.3. The monoisotopic (exact) mass is 490 g/mol. The lowest BCUT2D eigenvalue weighted by Crippen LogP contribution is -2.46. The summed E-state index contributed by atoms with van der Waals surface area (Å²) in [5, 5.41) is 9.72. The Labute approximate surface area is 216 Å². The minimum absolute atomic E-state index is 0.0362. The van der Waals surface area contributed by atoms with Crippen LogP contribution >= 0.6 is 0 Å². The van der Waals surface area contributed by atoms with Gasteiger partial charge in [0.2, 0.25) is 0 Å². The molecule has 3 aromatic heterocycles. The molecule has 4 heterocycles. The van der Waals surface area contributed by atoms with Crippen molar-refractivity contribution in [3.63, 3.8) is 0 Å². The van der Waals surface area contributed by atoms with Crippen LogP contribution in [-0.4, -0.2) is 45.6 Å². The van der Waals surface area contributed by atoms with Crippen molar-refractivity contribution >= 4 is 16.9 Å². The van der Waals surface area contributed by atoms with Crippen LogP contribution in [0.1, 0.15) is 19.9 Å². The second-order valence-corrected chi connectivity index (χ2v) is 9.71. The Balaban J connectivity index is 1.42. The van der Waals surface area contributed by atoms with Crippen molar-refractivity contribution in [3.8, 4) is 22.5 Å².